The summed E-state index contributed by atoms with van der Waals surface area (Å²) in [5, 5.41) is 0. The monoisotopic (exact) mass is 193 g/mol. The van der Waals surface area contributed by atoms with Crippen LogP contribution < -0.4 is 5.73 Å². The second kappa shape index (κ2) is 4.60. The van der Waals surface area contributed by atoms with Crippen molar-refractivity contribution in [3.8, 4) is 0 Å². The van der Waals surface area contributed by atoms with Gasteiger partial charge in [-0.3, -0.25) is 0 Å². The Morgan fingerprint density at radius 3 is 2.57 bits per heavy atom. The molecule has 2 rings (SSSR count). The Kier molecular flexibility index (Phi) is 3.19. The minimum atomic E-state index is 0.521. The number of nitrogens with one attached hydrogen (secondary N) is 1. The maximum Gasteiger partial charge on any atom is 0.120 e. The van der Waals surface area contributed by atoms with Gasteiger partial charge in [-0.2, -0.15) is 0 Å². The van der Waals surface area contributed by atoms with E-state index in [1.165, 1.54) is 44.2 Å². The zero-order valence-electron chi connectivity index (χ0n) is 8.63. The van der Waals surface area contributed by atoms with E-state index >= 15 is 0 Å². The molecule has 0 atom stereocenters. The van der Waals surface area contributed by atoms with E-state index in [2.05, 4.69) is 9.97 Å². The summed E-state index contributed by atoms with van der Waals surface area (Å²) in [5.41, 5.74) is 6.83. The number of rotatable bonds is 2. The van der Waals surface area contributed by atoms with Crippen LogP contribution in [0.2, 0.25) is 0 Å². The standard InChI is InChI=1S/C11H19N3/c12-7-11-13-8-10(14-11)9-5-3-1-2-4-6-9/h8-9H,1-7,12H2,(H,13,14). The molecule has 1 fully saturated rings. The summed E-state index contributed by atoms with van der Waals surface area (Å²) in [6, 6.07) is 0. The van der Waals surface area contributed by atoms with E-state index in [9.17, 15) is 0 Å². The Morgan fingerprint density at radius 1 is 1.29 bits per heavy atom. The first-order chi connectivity index (χ1) is 6.90. The van der Waals surface area contributed by atoms with Crippen molar-refractivity contribution < 1.29 is 0 Å². The lowest BCUT2D eigenvalue weighted by atomic mass is 9.97. The molecule has 1 saturated carbocycles. The highest BCUT2D eigenvalue weighted by Crippen LogP contribution is 2.30. The molecular weight excluding hydrogens is 174 g/mol. The molecule has 78 valence electrons. The highest BCUT2D eigenvalue weighted by atomic mass is 14.9. The van der Waals surface area contributed by atoms with Crippen LogP contribution in [-0.2, 0) is 6.54 Å². The van der Waals surface area contributed by atoms with Gasteiger partial charge in [0.25, 0.3) is 0 Å². The minimum Gasteiger partial charge on any atom is -0.345 e. The molecule has 1 aromatic heterocycles. The maximum atomic E-state index is 5.53. The number of nitrogens with zero attached hydrogens (tertiary/aromatic N) is 1. The first-order valence-corrected chi connectivity index (χ1v) is 5.64. The highest BCUT2D eigenvalue weighted by molar-refractivity contribution is 5.07. The van der Waals surface area contributed by atoms with Crippen LogP contribution in [0, 0.1) is 0 Å². The topological polar surface area (TPSA) is 54.7 Å². The van der Waals surface area contributed by atoms with Crippen LogP contribution in [0.5, 0.6) is 0 Å². The molecule has 3 N–H and O–H groups in total. The third-order valence-electron chi connectivity index (χ3n) is 3.14. The third-order valence-corrected chi connectivity index (χ3v) is 3.14. The number of aromatic nitrogens is 2. The van der Waals surface area contributed by atoms with E-state index in [4.69, 9.17) is 5.73 Å². The van der Waals surface area contributed by atoms with E-state index in [0.717, 1.165) is 5.82 Å². The Hall–Kier alpha value is -0.830. The third kappa shape index (κ3) is 2.15. The molecule has 0 radical (unpaired) electrons. The molecule has 0 aromatic carbocycles. The van der Waals surface area contributed by atoms with Gasteiger partial charge in [0.05, 0.1) is 6.54 Å². The average molecular weight is 193 g/mol. The number of hydrogen-bond donors (Lipinski definition) is 2. The van der Waals surface area contributed by atoms with Crippen molar-refractivity contribution >= 4 is 0 Å². The van der Waals surface area contributed by atoms with Crippen molar-refractivity contribution in [1.29, 1.82) is 0 Å². The Balaban J connectivity index is 2.04. The minimum absolute atomic E-state index is 0.521. The molecule has 1 heterocycles. The first kappa shape index (κ1) is 9.71. The normalized spacial score (nSPS) is 19.5. The summed E-state index contributed by atoms with van der Waals surface area (Å²) < 4.78 is 0. The lowest BCUT2D eigenvalue weighted by Gasteiger charge is -2.10. The van der Waals surface area contributed by atoms with Crippen LogP contribution in [0.4, 0.5) is 0 Å². The van der Waals surface area contributed by atoms with E-state index in [1.54, 1.807) is 0 Å². The van der Waals surface area contributed by atoms with Crippen LogP contribution in [-0.4, -0.2) is 9.97 Å². The van der Waals surface area contributed by atoms with Crippen LogP contribution in [0.25, 0.3) is 0 Å². The Labute approximate surface area is 85.1 Å². The molecule has 1 aliphatic rings. The molecule has 0 spiro atoms. The van der Waals surface area contributed by atoms with E-state index in [-0.39, 0.29) is 0 Å². The summed E-state index contributed by atoms with van der Waals surface area (Å²) in [7, 11) is 0. The van der Waals surface area contributed by atoms with Crippen LogP contribution in [0.3, 0.4) is 0 Å². The fourth-order valence-electron chi connectivity index (χ4n) is 2.28. The van der Waals surface area contributed by atoms with Gasteiger partial charge in [-0.25, -0.2) is 4.98 Å². The predicted molar refractivity (Wildman–Crippen MR) is 56.9 cm³/mol. The lowest BCUT2D eigenvalue weighted by molar-refractivity contribution is 0.579. The van der Waals surface area contributed by atoms with E-state index < -0.39 is 0 Å². The summed E-state index contributed by atoms with van der Waals surface area (Å²) in [5.74, 6) is 1.62. The quantitative estimate of drug-likeness (QED) is 0.708. The molecule has 0 aliphatic heterocycles. The van der Waals surface area contributed by atoms with Gasteiger partial charge in [-0.05, 0) is 12.8 Å². The number of aromatic amines is 1. The van der Waals surface area contributed by atoms with Gasteiger partial charge in [-0.15, -0.1) is 0 Å². The summed E-state index contributed by atoms with van der Waals surface area (Å²) >= 11 is 0. The van der Waals surface area contributed by atoms with Gasteiger partial charge in [-0.1, -0.05) is 25.7 Å². The molecular formula is C11H19N3. The Bertz CT molecular complexity index is 272. The average Bonchev–Trinajstić information content (AvgIpc) is 2.53. The molecule has 1 aromatic rings. The maximum absolute atomic E-state index is 5.53. The first-order valence-electron chi connectivity index (χ1n) is 5.64. The van der Waals surface area contributed by atoms with Crippen molar-refractivity contribution in [1.82, 2.24) is 9.97 Å². The van der Waals surface area contributed by atoms with Crippen molar-refractivity contribution in [2.24, 2.45) is 5.73 Å². The fourth-order valence-corrected chi connectivity index (χ4v) is 2.28. The molecule has 0 amide bonds. The van der Waals surface area contributed by atoms with E-state index in [1.807, 2.05) is 6.20 Å². The van der Waals surface area contributed by atoms with Crippen LogP contribution in [0.1, 0.15) is 56.0 Å². The summed E-state index contributed by atoms with van der Waals surface area (Å²) in [4.78, 5) is 7.58. The number of hydrogen-bond acceptors (Lipinski definition) is 2. The SMILES string of the molecule is NCc1ncc(C2CCCCCC2)[nH]1. The number of nitrogens with two attached hydrogens (primary N) is 1. The van der Waals surface area contributed by atoms with Gasteiger partial charge < -0.3 is 10.7 Å². The van der Waals surface area contributed by atoms with Gasteiger partial charge in [0, 0.05) is 17.8 Å². The molecule has 0 saturated heterocycles. The molecule has 0 unspecified atom stereocenters. The number of H-pyrrole nitrogens is 1. The predicted octanol–water partition coefficient (Wildman–Crippen LogP) is 2.31. The number of imidazole rings is 1. The van der Waals surface area contributed by atoms with Gasteiger partial charge >= 0.3 is 0 Å². The molecule has 1 aliphatic carbocycles. The second-order valence-corrected chi connectivity index (χ2v) is 4.18. The Morgan fingerprint density at radius 2 is 2.00 bits per heavy atom. The van der Waals surface area contributed by atoms with Crippen molar-refractivity contribution in [3.63, 3.8) is 0 Å². The molecule has 0 bridgehead atoms. The molecule has 14 heavy (non-hydrogen) atoms. The van der Waals surface area contributed by atoms with Crippen LogP contribution in [0.15, 0.2) is 6.20 Å². The van der Waals surface area contributed by atoms with Crippen LogP contribution >= 0.6 is 0 Å². The summed E-state index contributed by atoms with van der Waals surface area (Å²) in [6.07, 6.45) is 10.1. The smallest absolute Gasteiger partial charge is 0.120 e. The molecule has 3 nitrogen and oxygen atoms in total. The van der Waals surface area contributed by atoms with Crippen molar-refractivity contribution in [2.75, 3.05) is 0 Å². The van der Waals surface area contributed by atoms with Crippen molar-refractivity contribution in [2.45, 2.75) is 51.0 Å². The zero-order chi connectivity index (χ0) is 9.80. The van der Waals surface area contributed by atoms with Gasteiger partial charge in [0.1, 0.15) is 5.82 Å². The largest absolute Gasteiger partial charge is 0.345 e. The fraction of sp³-hybridized carbons (Fsp3) is 0.727. The summed E-state index contributed by atoms with van der Waals surface area (Å²) in [6.45, 7) is 0.521. The van der Waals surface area contributed by atoms with Gasteiger partial charge in [0.15, 0.2) is 0 Å². The zero-order valence-corrected chi connectivity index (χ0v) is 8.63. The van der Waals surface area contributed by atoms with Crippen molar-refractivity contribution in [3.05, 3.63) is 17.7 Å². The highest BCUT2D eigenvalue weighted by Gasteiger charge is 2.15. The lowest BCUT2D eigenvalue weighted by Crippen LogP contribution is -2.00. The second-order valence-electron chi connectivity index (χ2n) is 4.18. The molecule has 3 heteroatoms. The van der Waals surface area contributed by atoms with Gasteiger partial charge in [0.2, 0.25) is 0 Å². The van der Waals surface area contributed by atoms with E-state index in [0.29, 0.717) is 12.5 Å².